The zero-order valence-corrected chi connectivity index (χ0v) is 10.4. The van der Waals surface area contributed by atoms with Crippen molar-refractivity contribution in [3.8, 4) is 18.1 Å². The van der Waals surface area contributed by atoms with Crippen molar-refractivity contribution >= 4 is 17.4 Å². The number of carbonyl (C=O) groups excluding carboxylic acids is 1. The van der Waals surface area contributed by atoms with E-state index >= 15 is 0 Å². The zero-order chi connectivity index (χ0) is 12.7. The summed E-state index contributed by atoms with van der Waals surface area (Å²) in [6.07, 6.45) is 5.35. The van der Waals surface area contributed by atoms with Crippen LogP contribution in [-0.2, 0) is 11.2 Å². The highest BCUT2D eigenvalue weighted by Crippen LogP contribution is 2.23. The van der Waals surface area contributed by atoms with Crippen LogP contribution in [0.5, 0.6) is 5.75 Å². The molecule has 1 aromatic carbocycles. The second kappa shape index (κ2) is 6.95. The maximum atomic E-state index is 11.6. The number of hydrogen-bond donors (Lipinski definition) is 1. The van der Waals surface area contributed by atoms with Crippen LogP contribution < -0.4 is 10.1 Å². The monoisotopic (exact) mass is 251 g/mol. The van der Waals surface area contributed by atoms with E-state index in [2.05, 4.69) is 11.2 Å². The van der Waals surface area contributed by atoms with Crippen molar-refractivity contribution in [2.45, 2.75) is 6.42 Å². The fraction of sp³-hybridized carbons (Fsp3) is 0.308. The van der Waals surface area contributed by atoms with Crippen molar-refractivity contribution in [2.24, 2.45) is 0 Å². The fourth-order valence-electron chi connectivity index (χ4n) is 1.43. The number of ketones is 1. The standard InChI is InChI=1S/C13H14ClNO2/c1-3-6-15-9-12(16)8-10-7-11(14)4-5-13(10)17-2/h1,4-5,7,15H,6,8-9H2,2H3. The Kier molecular flexibility index (Phi) is 5.55. The molecule has 0 spiro atoms. The molecule has 17 heavy (non-hydrogen) atoms. The third-order valence-corrected chi connectivity index (χ3v) is 2.41. The molecule has 0 amide bonds. The van der Waals surface area contributed by atoms with Crippen LogP contribution in [0.25, 0.3) is 0 Å². The van der Waals surface area contributed by atoms with Gasteiger partial charge in [0.2, 0.25) is 0 Å². The van der Waals surface area contributed by atoms with Crippen LogP contribution >= 0.6 is 11.6 Å². The van der Waals surface area contributed by atoms with Crippen molar-refractivity contribution in [3.05, 3.63) is 28.8 Å². The van der Waals surface area contributed by atoms with Crippen molar-refractivity contribution < 1.29 is 9.53 Å². The molecule has 4 heteroatoms. The summed E-state index contributed by atoms with van der Waals surface area (Å²) in [4.78, 5) is 11.6. The first-order valence-electron chi connectivity index (χ1n) is 5.15. The molecule has 0 atom stereocenters. The molecule has 0 fully saturated rings. The SMILES string of the molecule is C#CCNCC(=O)Cc1cc(Cl)ccc1OC. The lowest BCUT2D eigenvalue weighted by Gasteiger charge is -2.08. The largest absolute Gasteiger partial charge is 0.496 e. The van der Waals surface area contributed by atoms with Gasteiger partial charge < -0.3 is 4.74 Å². The van der Waals surface area contributed by atoms with Gasteiger partial charge in [-0.15, -0.1) is 6.42 Å². The molecule has 0 aromatic heterocycles. The molecule has 0 saturated carbocycles. The van der Waals surface area contributed by atoms with Gasteiger partial charge in [-0.1, -0.05) is 17.5 Å². The molecule has 0 aliphatic carbocycles. The smallest absolute Gasteiger partial charge is 0.151 e. The lowest BCUT2D eigenvalue weighted by atomic mass is 10.1. The molecule has 1 rings (SSSR count). The number of ether oxygens (including phenoxy) is 1. The Hall–Kier alpha value is -1.50. The summed E-state index contributed by atoms with van der Waals surface area (Å²) in [5.74, 6) is 3.12. The number of hydrogen-bond acceptors (Lipinski definition) is 3. The van der Waals surface area contributed by atoms with E-state index in [-0.39, 0.29) is 18.7 Å². The van der Waals surface area contributed by atoms with Crippen LogP contribution in [0.3, 0.4) is 0 Å². The van der Waals surface area contributed by atoms with Gasteiger partial charge in [0.1, 0.15) is 5.75 Å². The van der Waals surface area contributed by atoms with Crippen LogP contribution in [0.2, 0.25) is 5.02 Å². The van der Waals surface area contributed by atoms with E-state index in [9.17, 15) is 4.79 Å². The Bertz CT molecular complexity index is 438. The van der Waals surface area contributed by atoms with E-state index in [0.29, 0.717) is 17.3 Å². The number of terminal acetylenes is 1. The molecule has 0 heterocycles. The number of methoxy groups -OCH3 is 1. The van der Waals surface area contributed by atoms with Crippen LogP contribution in [0.15, 0.2) is 18.2 Å². The lowest BCUT2D eigenvalue weighted by Crippen LogP contribution is -2.24. The maximum Gasteiger partial charge on any atom is 0.151 e. The van der Waals surface area contributed by atoms with Gasteiger partial charge in [-0.05, 0) is 18.2 Å². The molecule has 0 saturated heterocycles. The van der Waals surface area contributed by atoms with E-state index in [1.165, 1.54) is 0 Å². The molecule has 0 unspecified atom stereocenters. The summed E-state index contributed by atoms with van der Waals surface area (Å²) >= 11 is 5.88. The van der Waals surface area contributed by atoms with Gasteiger partial charge in [-0.25, -0.2) is 0 Å². The second-order valence-electron chi connectivity index (χ2n) is 3.48. The van der Waals surface area contributed by atoms with Gasteiger partial charge in [-0.2, -0.15) is 0 Å². The Morgan fingerprint density at radius 3 is 3.00 bits per heavy atom. The quantitative estimate of drug-likeness (QED) is 0.618. The summed E-state index contributed by atoms with van der Waals surface area (Å²) in [6.45, 7) is 0.637. The molecule has 0 radical (unpaired) electrons. The number of benzene rings is 1. The topological polar surface area (TPSA) is 38.3 Å². The number of Topliss-reactive ketones (excluding diaryl/α,β-unsaturated/α-hetero) is 1. The van der Waals surface area contributed by atoms with Gasteiger partial charge in [0, 0.05) is 17.0 Å². The van der Waals surface area contributed by atoms with E-state index in [0.717, 1.165) is 5.56 Å². The Morgan fingerprint density at radius 1 is 1.59 bits per heavy atom. The number of nitrogens with one attached hydrogen (secondary N) is 1. The Balaban J connectivity index is 2.64. The normalized spacial score (nSPS) is 9.71. The summed E-state index contributed by atoms with van der Waals surface area (Å²) in [5, 5.41) is 3.44. The third kappa shape index (κ3) is 4.48. The van der Waals surface area contributed by atoms with Gasteiger partial charge in [-0.3, -0.25) is 10.1 Å². The fourth-order valence-corrected chi connectivity index (χ4v) is 1.63. The number of rotatable bonds is 6. The van der Waals surface area contributed by atoms with Crippen LogP contribution in [-0.4, -0.2) is 26.0 Å². The van der Waals surface area contributed by atoms with E-state index in [4.69, 9.17) is 22.8 Å². The average Bonchev–Trinajstić information content (AvgIpc) is 2.29. The minimum Gasteiger partial charge on any atom is -0.496 e. The van der Waals surface area contributed by atoms with Gasteiger partial charge >= 0.3 is 0 Å². The average molecular weight is 252 g/mol. The Labute approximate surface area is 106 Å². The summed E-state index contributed by atoms with van der Waals surface area (Å²) in [5.41, 5.74) is 0.785. The predicted molar refractivity (Wildman–Crippen MR) is 68.4 cm³/mol. The van der Waals surface area contributed by atoms with Gasteiger partial charge in [0.05, 0.1) is 20.2 Å². The molecule has 0 aliphatic rings. The molecule has 90 valence electrons. The third-order valence-electron chi connectivity index (χ3n) is 2.18. The molecular formula is C13H14ClNO2. The van der Waals surface area contributed by atoms with E-state index in [1.807, 2.05) is 0 Å². The van der Waals surface area contributed by atoms with E-state index in [1.54, 1.807) is 25.3 Å². The van der Waals surface area contributed by atoms with Crippen LogP contribution in [0.4, 0.5) is 0 Å². The van der Waals surface area contributed by atoms with Crippen molar-refractivity contribution in [1.29, 1.82) is 0 Å². The highest BCUT2D eigenvalue weighted by Gasteiger charge is 2.09. The van der Waals surface area contributed by atoms with E-state index < -0.39 is 0 Å². The highest BCUT2D eigenvalue weighted by atomic mass is 35.5. The predicted octanol–water partition coefficient (Wildman–Crippen LogP) is 1.68. The first-order chi connectivity index (χ1) is 8.17. The number of carbonyl (C=O) groups is 1. The van der Waals surface area contributed by atoms with Crippen molar-refractivity contribution in [2.75, 3.05) is 20.2 Å². The molecule has 1 N–H and O–H groups in total. The minimum absolute atomic E-state index is 0.0424. The summed E-state index contributed by atoms with van der Waals surface area (Å²) in [7, 11) is 1.56. The Morgan fingerprint density at radius 2 is 2.35 bits per heavy atom. The molecule has 3 nitrogen and oxygen atoms in total. The molecule has 1 aromatic rings. The molecule has 0 aliphatic heterocycles. The van der Waals surface area contributed by atoms with Crippen LogP contribution in [0.1, 0.15) is 5.56 Å². The zero-order valence-electron chi connectivity index (χ0n) is 9.63. The summed E-state index contributed by atoms with van der Waals surface area (Å²) in [6, 6.07) is 5.21. The minimum atomic E-state index is 0.0424. The van der Waals surface area contributed by atoms with Gasteiger partial charge in [0.25, 0.3) is 0 Å². The first-order valence-corrected chi connectivity index (χ1v) is 5.53. The lowest BCUT2D eigenvalue weighted by molar-refractivity contribution is -0.117. The molecular weight excluding hydrogens is 238 g/mol. The van der Waals surface area contributed by atoms with Crippen molar-refractivity contribution in [3.63, 3.8) is 0 Å². The first kappa shape index (κ1) is 13.6. The summed E-state index contributed by atoms with van der Waals surface area (Å²) < 4.78 is 5.16. The molecule has 0 bridgehead atoms. The van der Waals surface area contributed by atoms with Gasteiger partial charge in [0.15, 0.2) is 5.78 Å². The number of halogens is 1. The van der Waals surface area contributed by atoms with Crippen LogP contribution in [0, 0.1) is 12.3 Å². The highest BCUT2D eigenvalue weighted by molar-refractivity contribution is 6.30. The maximum absolute atomic E-state index is 11.6. The second-order valence-corrected chi connectivity index (χ2v) is 3.92. The van der Waals surface area contributed by atoms with Crippen molar-refractivity contribution in [1.82, 2.24) is 5.32 Å².